The van der Waals surface area contributed by atoms with Crippen LogP contribution >= 0.6 is 0 Å². The molecule has 3 aromatic rings. The van der Waals surface area contributed by atoms with Crippen molar-refractivity contribution in [2.24, 2.45) is 0 Å². The number of esters is 1. The van der Waals surface area contributed by atoms with E-state index in [2.05, 4.69) is 5.32 Å². The number of para-hydroxylation sites is 1. The van der Waals surface area contributed by atoms with Crippen LogP contribution in [0.3, 0.4) is 0 Å². The van der Waals surface area contributed by atoms with Crippen molar-refractivity contribution in [1.29, 1.82) is 0 Å². The number of carbonyl (C=O) groups excluding carboxylic acids is 2. The van der Waals surface area contributed by atoms with Crippen molar-refractivity contribution in [3.8, 4) is 11.3 Å². The molecule has 2 aromatic carbocycles. The van der Waals surface area contributed by atoms with Crippen LogP contribution in [0.2, 0.25) is 0 Å². The van der Waals surface area contributed by atoms with Gasteiger partial charge in [-0.1, -0.05) is 48.5 Å². The van der Waals surface area contributed by atoms with E-state index in [4.69, 9.17) is 9.72 Å². The Kier molecular flexibility index (Phi) is 5.73. The predicted octanol–water partition coefficient (Wildman–Crippen LogP) is 2.67. The summed E-state index contributed by atoms with van der Waals surface area (Å²) in [6, 6.07) is 16.4. The number of pyridine rings is 1. The molecule has 2 heterocycles. The number of sulfone groups is 1. The van der Waals surface area contributed by atoms with E-state index in [-0.39, 0.29) is 11.5 Å². The van der Waals surface area contributed by atoms with Crippen LogP contribution in [-0.2, 0) is 19.4 Å². The fourth-order valence-corrected chi connectivity index (χ4v) is 5.50. The molecule has 4 rings (SSSR count). The number of ether oxygens (including phenoxy) is 1. The summed E-state index contributed by atoms with van der Waals surface area (Å²) in [5.74, 6) is -1.17. The molecule has 0 bridgehead atoms. The van der Waals surface area contributed by atoms with E-state index in [9.17, 15) is 18.0 Å². The van der Waals surface area contributed by atoms with E-state index in [0.29, 0.717) is 34.1 Å². The van der Waals surface area contributed by atoms with Gasteiger partial charge in [0, 0.05) is 17.0 Å². The molecule has 1 saturated heterocycles. The predicted molar refractivity (Wildman–Crippen MR) is 117 cm³/mol. The van der Waals surface area contributed by atoms with Crippen LogP contribution in [0.1, 0.15) is 22.3 Å². The second-order valence-electron chi connectivity index (χ2n) is 7.59. The van der Waals surface area contributed by atoms with Crippen LogP contribution < -0.4 is 5.32 Å². The Balaban J connectivity index is 1.57. The van der Waals surface area contributed by atoms with Crippen LogP contribution in [0.4, 0.5) is 0 Å². The molecule has 1 aliphatic rings. The van der Waals surface area contributed by atoms with Gasteiger partial charge in [0.15, 0.2) is 16.4 Å². The minimum Gasteiger partial charge on any atom is -0.452 e. The quantitative estimate of drug-likeness (QED) is 0.615. The number of rotatable bonds is 5. The smallest absolute Gasteiger partial charge is 0.339 e. The van der Waals surface area contributed by atoms with Gasteiger partial charge >= 0.3 is 5.97 Å². The molecule has 0 spiro atoms. The van der Waals surface area contributed by atoms with Gasteiger partial charge in [0.1, 0.15) is 0 Å². The van der Waals surface area contributed by atoms with Gasteiger partial charge in [0.25, 0.3) is 5.91 Å². The minimum atomic E-state index is -3.11. The van der Waals surface area contributed by atoms with Crippen LogP contribution in [0.15, 0.2) is 54.6 Å². The number of benzene rings is 2. The summed E-state index contributed by atoms with van der Waals surface area (Å²) < 4.78 is 28.4. The lowest BCUT2D eigenvalue weighted by Gasteiger charge is -2.15. The lowest BCUT2D eigenvalue weighted by Crippen LogP contribution is -2.38. The second-order valence-corrected chi connectivity index (χ2v) is 9.82. The van der Waals surface area contributed by atoms with Gasteiger partial charge in [0.2, 0.25) is 0 Å². The molecule has 0 saturated carbocycles. The fourth-order valence-electron chi connectivity index (χ4n) is 3.83. The molecule has 0 aliphatic carbocycles. The molecule has 1 amide bonds. The zero-order valence-electron chi connectivity index (χ0n) is 17.0. The van der Waals surface area contributed by atoms with Crippen molar-refractivity contribution in [3.63, 3.8) is 0 Å². The maximum absolute atomic E-state index is 13.0. The van der Waals surface area contributed by atoms with E-state index < -0.39 is 34.4 Å². The van der Waals surface area contributed by atoms with Gasteiger partial charge in [-0.25, -0.2) is 18.2 Å². The fraction of sp³-hybridized carbons (Fsp3) is 0.261. The van der Waals surface area contributed by atoms with Gasteiger partial charge in [-0.05, 0) is 25.0 Å². The number of nitrogens with one attached hydrogen (secondary N) is 1. The highest BCUT2D eigenvalue weighted by Gasteiger charge is 2.29. The van der Waals surface area contributed by atoms with Crippen molar-refractivity contribution < 1.29 is 22.7 Å². The summed E-state index contributed by atoms with van der Waals surface area (Å²) in [4.78, 5) is 29.9. The largest absolute Gasteiger partial charge is 0.452 e. The Labute approximate surface area is 180 Å². The van der Waals surface area contributed by atoms with Gasteiger partial charge in [-0.2, -0.15) is 0 Å². The Morgan fingerprint density at radius 2 is 1.81 bits per heavy atom. The third-order valence-corrected chi connectivity index (χ3v) is 7.09. The van der Waals surface area contributed by atoms with Crippen LogP contribution in [0, 0.1) is 6.92 Å². The molecule has 1 atom stereocenters. The number of aromatic nitrogens is 1. The lowest BCUT2D eigenvalue weighted by molar-refractivity contribution is -0.124. The molecule has 31 heavy (non-hydrogen) atoms. The summed E-state index contributed by atoms with van der Waals surface area (Å²) in [7, 11) is -3.11. The van der Waals surface area contributed by atoms with Gasteiger partial charge < -0.3 is 10.1 Å². The average molecular weight is 439 g/mol. The first-order valence-corrected chi connectivity index (χ1v) is 11.8. The van der Waals surface area contributed by atoms with Crippen molar-refractivity contribution in [3.05, 3.63) is 65.7 Å². The van der Waals surface area contributed by atoms with E-state index in [1.54, 1.807) is 6.07 Å². The summed E-state index contributed by atoms with van der Waals surface area (Å²) in [6.07, 6.45) is 0.372. The zero-order valence-corrected chi connectivity index (χ0v) is 17.8. The molecule has 0 radical (unpaired) electrons. The number of carbonyl (C=O) groups is 2. The highest BCUT2D eigenvalue weighted by atomic mass is 32.2. The topological polar surface area (TPSA) is 102 Å². The van der Waals surface area contributed by atoms with Crippen LogP contribution in [0.25, 0.3) is 22.2 Å². The number of fused-ring (bicyclic) bond motifs is 1. The van der Waals surface area contributed by atoms with Crippen molar-refractivity contribution in [2.45, 2.75) is 19.4 Å². The number of hydrogen-bond acceptors (Lipinski definition) is 6. The minimum absolute atomic E-state index is 0.0577. The molecular formula is C23H22N2O5S. The molecule has 0 unspecified atom stereocenters. The molecule has 160 valence electrons. The van der Waals surface area contributed by atoms with E-state index >= 15 is 0 Å². The normalized spacial score (nSPS) is 17.4. The van der Waals surface area contributed by atoms with Gasteiger partial charge in [-0.3, -0.25) is 4.79 Å². The summed E-state index contributed by atoms with van der Waals surface area (Å²) >= 11 is 0. The monoisotopic (exact) mass is 438 g/mol. The molecule has 1 aliphatic heterocycles. The molecule has 8 heteroatoms. The third-order valence-electron chi connectivity index (χ3n) is 5.32. The second kappa shape index (κ2) is 8.47. The standard InChI is InChI=1S/C23H22N2O5S/c1-15-21(23(27)30-13-20(26)24-17-11-12-31(28,29)14-17)18-9-5-6-10-19(18)25-22(15)16-7-3-2-4-8-16/h2-10,17H,11-14H2,1H3,(H,24,26)/t17-/m0/s1. The molecule has 1 fully saturated rings. The average Bonchev–Trinajstić information content (AvgIpc) is 3.10. The summed E-state index contributed by atoms with van der Waals surface area (Å²) in [6.45, 7) is 1.33. The maximum Gasteiger partial charge on any atom is 0.339 e. The van der Waals surface area contributed by atoms with Crippen molar-refractivity contribution in [2.75, 3.05) is 18.1 Å². The first-order valence-electron chi connectivity index (χ1n) is 9.96. The van der Waals surface area contributed by atoms with Crippen molar-refractivity contribution in [1.82, 2.24) is 10.3 Å². The highest BCUT2D eigenvalue weighted by molar-refractivity contribution is 7.91. The number of hydrogen-bond donors (Lipinski definition) is 1. The maximum atomic E-state index is 13.0. The molecule has 1 N–H and O–H groups in total. The Morgan fingerprint density at radius 1 is 1.10 bits per heavy atom. The third kappa shape index (κ3) is 4.59. The van der Waals surface area contributed by atoms with Crippen LogP contribution in [0.5, 0.6) is 0 Å². The number of nitrogens with zero attached hydrogens (tertiary/aromatic N) is 1. The van der Waals surface area contributed by atoms with Gasteiger partial charge in [0.05, 0.1) is 28.3 Å². The summed E-state index contributed by atoms with van der Waals surface area (Å²) in [5, 5.41) is 3.27. The Bertz CT molecular complexity index is 1260. The Hall–Kier alpha value is -3.26. The van der Waals surface area contributed by atoms with E-state index in [0.717, 1.165) is 5.56 Å². The molecular weight excluding hydrogens is 416 g/mol. The van der Waals surface area contributed by atoms with Crippen LogP contribution in [-0.4, -0.2) is 49.4 Å². The van der Waals surface area contributed by atoms with E-state index in [1.807, 2.05) is 55.5 Å². The van der Waals surface area contributed by atoms with Crippen molar-refractivity contribution >= 4 is 32.6 Å². The first kappa shape index (κ1) is 21.0. The number of amides is 1. The van der Waals surface area contributed by atoms with E-state index in [1.165, 1.54) is 0 Å². The SMILES string of the molecule is Cc1c(-c2ccccc2)nc2ccccc2c1C(=O)OCC(=O)N[C@H]1CCS(=O)(=O)C1. The molecule has 1 aromatic heterocycles. The first-order chi connectivity index (χ1) is 14.8. The molecule has 7 nitrogen and oxygen atoms in total. The highest BCUT2D eigenvalue weighted by Crippen LogP contribution is 2.30. The Morgan fingerprint density at radius 3 is 2.52 bits per heavy atom. The van der Waals surface area contributed by atoms with Gasteiger partial charge in [-0.15, -0.1) is 0 Å². The lowest BCUT2D eigenvalue weighted by atomic mass is 9.98. The zero-order chi connectivity index (χ0) is 22.0. The summed E-state index contributed by atoms with van der Waals surface area (Å²) in [5.41, 5.74) is 3.23.